The van der Waals surface area contributed by atoms with Crippen molar-refractivity contribution in [1.82, 2.24) is 20.1 Å². The van der Waals surface area contributed by atoms with E-state index in [9.17, 15) is 4.79 Å². The highest BCUT2D eigenvalue weighted by Gasteiger charge is 2.20. The lowest BCUT2D eigenvalue weighted by Crippen LogP contribution is -2.28. The van der Waals surface area contributed by atoms with Crippen LogP contribution >= 0.6 is 11.6 Å². The van der Waals surface area contributed by atoms with Crippen LogP contribution in [0, 0.1) is 0 Å². The van der Waals surface area contributed by atoms with Gasteiger partial charge in [-0.2, -0.15) is 5.10 Å². The summed E-state index contributed by atoms with van der Waals surface area (Å²) < 4.78 is 7.19. The number of benzene rings is 1. The minimum atomic E-state index is -0.196. The minimum Gasteiger partial charge on any atom is -0.463 e. The van der Waals surface area contributed by atoms with E-state index in [1.807, 2.05) is 32.3 Å². The molecule has 4 rings (SSSR count). The maximum Gasteiger partial charge on any atom is 0.252 e. The number of amides is 1. The van der Waals surface area contributed by atoms with Crippen LogP contribution in [-0.4, -0.2) is 20.7 Å². The third-order valence-electron chi connectivity index (χ3n) is 4.65. The van der Waals surface area contributed by atoms with E-state index in [2.05, 4.69) is 15.4 Å². The average molecular weight is 395 g/mol. The van der Waals surface area contributed by atoms with Crippen LogP contribution in [0.4, 0.5) is 0 Å². The largest absolute Gasteiger partial charge is 0.463 e. The Balaban J connectivity index is 1.78. The molecular formula is C21H19ClN4O2. The molecular weight excluding hydrogens is 376 g/mol. The molecule has 0 saturated carbocycles. The van der Waals surface area contributed by atoms with E-state index in [1.165, 1.54) is 0 Å². The Morgan fingerprint density at radius 2 is 2.18 bits per heavy atom. The van der Waals surface area contributed by atoms with Gasteiger partial charge in [0.15, 0.2) is 5.76 Å². The first kappa shape index (κ1) is 18.3. The molecule has 1 amide bonds. The summed E-state index contributed by atoms with van der Waals surface area (Å²) in [6, 6.07) is 10.6. The molecule has 0 saturated heterocycles. The molecule has 0 aliphatic heterocycles. The van der Waals surface area contributed by atoms with Gasteiger partial charge in [0.05, 0.1) is 34.6 Å². The number of rotatable bonds is 5. The van der Waals surface area contributed by atoms with E-state index < -0.39 is 0 Å². The molecule has 0 bridgehead atoms. The number of para-hydroxylation sites is 1. The maximum absolute atomic E-state index is 13.2. The van der Waals surface area contributed by atoms with E-state index in [-0.39, 0.29) is 11.9 Å². The van der Waals surface area contributed by atoms with Crippen LogP contribution in [0.15, 0.2) is 59.5 Å². The molecule has 0 unspecified atom stereocenters. The molecule has 4 aromatic rings. The number of nitrogens with one attached hydrogen (secondary N) is 1. The predicted molar refractivity (Wildman–Crippen MR) is 108 cm³/mol. The molecule has 0 aliphatic rings. The van der Waals surface area contributed by atoms with Crippen LogP contribution in [0.2, 0.25) is 5.02 Å². The fraction of sp³-hybridized carbons (Fsp3) is 0.190. The lowest BCUT2D eigenvalue weighted by molar-refractivity contribution is 0.0937. The van der Waals surface area contributed by atoms with E-state index >= 15 is 0 Å². The molecule has 0 fully saturated rings. The number of hydrogen-bond acceptors (Lipinski definition) is 4. The Kier molecular flexibility index (Phi) is 4.88. The zero-order valence-electron chi connectivity index (χ0n) is 15.5. The van der Waals surface area contributed by atoms with Crippen molar-refractivity contribution in [2.75, 3.05) is 0 Å². The van der Waals surface area contributed by atoms with Gasteiger partial charge in [0.1, 0.15) is 5.69 Å². The number of nitrogens with zero attached hydrogens (tertiary/aromatic N) is 3. The topological polar surface area (TPSA) is 73.0 Å². The van der Waals surface area contributed by atoms with E-state index in [0.29, 0.717) is 32.9 Å². The number of aromatic nitrogens is 3. The highest BCUT2D eigenvalue weighted by atomic mass is 35.5. The van der Waals surface area contributed by atoms with Crippen LogP contribution in [0.1, 0.15) is 35.3 Å². The second kappa shape index (κ2) is 7.48. The molecule has 0 aliphatic carbocycles. The predicted octanol–water partition coefficient (Wildman–Crippen LogP) is 4.76. The van der Waals surface area contributed by atoms with Crippen molar-refractivity contribution in [3.63, 3.8) is 0 Å². The van der Waals surface area contributed by atoms with Crippen molar-refractivity contribution in [3.05, 3.63) is 71.2 Å². The van der Waals surface area contributed by atoms with Crippen LogP contribution in [0.3, 0.4) is 0 Å². The molecule has 7 heteroatoms. The molecule has 0 spiro atoms. The van der Waals surface area contributed by atoms with Gasteiger partial charge in [-0.05, 0) is 30.7 Å². The van der Waals surface area contributed by atoms with Crippen molar-refractivity contribution in [2.45, 2.75) is 19.4 Å². The smallest absolute Gasteiger partial charge is 0.252 e. The van der Waals surface area contributed by atoms with Crippen molar-refractivity contribution >= 4 is 28.4 Å². The van der Waals surface area contributed by atoms with Crippen LogP contribution in [0.25, 0.3) is 22.4 Å². The first-order chi connectivity index (χ1) is 13.6. The number of fused-ring (bicyclic) bond motifs is 1. The average Bonchev–Trinajstić information content (AvgIpc) is 3.37. The summed E-state index contributed by atoms with van der Waals surface area (Å²) in [4.78, 5) is 17.8. The number of hydrogen-bond donors (Lipinski definition) is 1. The summed E-state index contributed by atoms with van der Waals surface area (Å²) >= 11 is 6.36. The van der Waals surface area contributed by atoms with Gasteiger partial charge in [-0.15, -0.1) is 0 Å². The number of halogens is 1. The summed E-state index contributed by atoms with van der Waals surface area (Å²) in [7, 11) is 1.85. The number of carbonyl (C=O) groups excluding carboxylic acids is 1. The first-order valence-corrected chi connectivity index (χ1v) is 9.37. The summed E-state index contributed by atoms with van der Waals surface area (Å²) in [5, 5.41) is 8.48. The lowest BCUT2D eigenvalue weighted by atomic mass is 10.0. The molecule has 1 N–H and O–H groups in total. The van der Waals surface area contributed by atoms with Crippen molar-refractivity contribution in [1.29, 1.82) is 0 Å². The van der Waals surface area contributed by atoms with Gasteiger partial charge in [-0.25, -0.2) is 4.98 Å². The minimum absolute atomic E-state index is 0.143. The third-order valence-corrected chi connectivity index (χ3v) is 4.95. The molecule has 142 valence electrons. The van der Waals surface area contributed by atoms with E-state index in [4.69, 9.17) is 16.0 Å². The summed E-state index contributed by atoms with van der Waals surface area (Å²) in [6.07, 6.45) is 5.99. The molecule has 0 radical (unpaired) electrons. The second-order valence-corrected chi connectivity index (χ2v) is 6.96. The first-order valence-electron chi connectivity index (χ1n) is 8.99. The highest BCUT2D eigenvalue weighted by Crippen LogP contribution is 2.30. The van der Waals surface area contributed by atoms with Gasteiger partial charge < -0.3 is 9.73 Å². The molecule has 28 heavy (non-hydrogen) atoms. The van der Waals surface area contributed by atoms with Gasteiger partial charge >= 0.3 is 0 Å². The monoisotopic (exact) mass is 394 g/mol. The zero-order chi connectivity index (χ0) is 19.7. The normalized spacial score (nSPS) is 12.2. The summed E-state index contributed by atoms with van der Waals surface area (Å²) in [5.74, 6) is 0.383. The second-order valence-electron chi connectivity index (χ2n) is 6.55. The van der Waals surface area contributed by atoms with Crippen molar-refractivity contribution in [2.24, 2.45) is 7.05 Å². The van der Waals surface area contributed by atoms with E-state index in [1.54, 1.807) is 41.4 Å². The molecule has 1 aromatic carbocycles. The Morgan fingerprint density at radius 3 is 2.86 bits per heavy atom. The molecule has 1 atom stereocenters. The van der Waals surface area contributed by atoms with Crippen LogP contribution in [0.5, 0.6) is 0 Å². The number of carbonyl (C=O) groups is 1. The maximum atomic E-state index is 13.2. The van der Waals surface area contributed by atoms with E-state index in [0.717, 1.165) is 12.0 Å². The van der Waals surface area contributed by atoms with Crippen LogP contribution in [-0.2, 0) is 7.05 Å². The Hall–Kier alpha value is -3.12. The fourth-order valence-electron chi connectivity index (χ4n) is 3.23. The van der Waals surface area contributed by atoms with Gasteiger partial charge in [-0.1, -0.05) is 30.7 Å². The van der Waals surface area contributed by atoms with Crippen LogP contribution < -0.4 is 5.32 Å². The van der Waals surface area contributed by atoms with Gasteiger partial charge in [0, 0.05) is 24.2 Å². The lowest BCUT2D eigenvalue weighted by Gasteiger charge is -2.17. The summed E-state index contributed by atoms with van der Waals surface area (Å²) in [6.45, 7) is 2.02. The Bertz CT molecular complexity index is 1130. The standard InChI is InChI=1S/C21H19ClN4O2/c1-3-17(13-11-23-26(2)12-13)25-21(27)15-10-18(19-8-5-9-28-19)24-20-14(15)6-4-7-16(20)22/h4-12,17H,3H2,1-2H3,(H,25,27)/t17-/m1/s1. The quantitative estimate of drug-likeness (QED) is 0.529. The fourth-order valence-corrected chi connectivity index (χ4v) is 3.45. The SMILES string of the molecule is CC[C@@H](NC(=O)c1cc(-c2ccco2)nc2c(Cl)cccc12)c1cnn(C)c1. The Morgan fingerprint density at radius 1 is 1.32 bits per heavy atom. The zero-order valence-corrected chi connectivity index (χ0v) is 16.3. The third kappa shape index (κ3) is 3.39. The van der Waals surface area contributed by atoms with Crippen molar-refractivity contribution < 1.29 is 9.21 Å². The molecule has 3 aromatic heterocycles. The van der Waals surface area contributed by atoms with Gasteiger partial charge in [-0.3, -0.25) is 9.48 Å². The van der Waals surface area contributed by atoms with Crippen molar-refractivity contribution in [3.8, 4) is 11.5 Å². The molecule has 3 heterocycles. The summed E-state index contributed by atoms with van der Waals surface area (Å²) in [5.41, 5.74) is 2.59. The van der Waals surface area contributed by atoms with Gasteiger partial charge in [0.2, 0.25) is 0 Å². The van der Waals surface area contributed by atoms with Gasteiger partial charge in [0.25, 0.3) is 5.91 Å². The highest BCUT2D eigenvalue weighted by molar-refractivity contribution is 6.35. The molecule has 6 nitrogen and oxygen atoms in total. The number of aryl methyl sites for hydroxylation is 1. The Labute approximate surface area is 167 Å². The number of pyridine rings is 1. The number of furan rings is 1.